The van der Waals surface area contributed by atoms with E-state index in [1.54, 1.807) is 5.70 Å². The Kier molecular flexibility index (Phi) is 2.50. The third-order valence-electron chi connectivity index (χ3n) is 4.62. The topological polar surface area (TPSA) is 3.24 Å². The number of hydrogen-bond donors (Lipinski definition) is 0. The molecule has 1 aromatic rings. The van der Waals surface area contributed by atoms with Gasteiger partial charge in [-0.2, -0.15) is 0 Å². The molecule has 0 N–H and O–H groups in total. The van der Waals surface area contributed by atoms with Crippen molar-refractivity contribution in [2.24, 2.45) is 0 Å². The Morgan fingerprint density at radius 2 is 2.12 bits per heavy atom. The molecule has 1 nitrogen and oxygen atoms in total. The minimum atomic E-state index is 0.407. The van der Waals surface area contributed by atoms with Gasteiger partial charge in [0.15, 0.2) is 0 Å². The van der Waals surface area contributed by atoms with Crippen LogP contribution >= 0.6 is 0 Å². The van der Waals surface area contributed by atoms with E-state index in [1.165, 1.54) is 31.4 Å². The van der Waals surface area contributed by atoms with E-state index < -0.39 is 0 Å². The Morgan fingerprint density at radius 1 is 1.35 bits per heavy atom. The fraction of sp³-hybridized carbons (Fsp3) is 0.500. The first-order valence-corrected chi connectivity index (χ1v) is 6.76. The van der Waals surface area contributed by atoms with Crippen LogP contribution in [0.15, 0.2) is 42.1 Å². The first-order chi connectivity index (χ1) is 8.29. The molecular formula is C16H21N. The molecule has 17 heavy (non-hydrogen) atoms. The first kappa shape index (κ1) is 10.9. The molecule has 1 aromatic carbocycles. The van der Waals surface area contributed by atoms with Gasteiger partial charge < -0.3 is 4.90 Å². The third-order valence-corrected chi connectivity index (χ3v) is 4.62. The maximum atomic E-state index is 2.65. The average molecular weight is 227 g/mol. The Balaban J connectivity index is 2.00. The van der Waals surface area contributed by atoms with E-state index >= 15 is 0 Å². The molecule has 1 heteroatoms. The van der Waals surface area contributed by atoms with Crippen LogP contribution < -0.4 is 0 Å². The van der Waals surface area contributed by atoms with Gasteiger partial charge in [-0.15, -0.1) is 0 Å². The normalized spacial score (nSPS) is 33.6. The molecule has 0 spiro atoms. The highest BCUT2D eigenvalue weighted by molar-refractivity contribution is 5.36. The van der Waals surface area contributed by atoms with Crippen LogP contribution in [-0.4, -0.2) is 17.5 Å². The highest BCUT2D eigenvalue weighted by Gasteiger charge is 2.51. The lowest BCUT2D eigenvalue weighted by Gasteiger charge is -2.32. The zero-order valence-corrected chi connectivity index (χ0v) is 10.8. The van der Waals surface area contributed by atoms with E-state index in [9.17, 15) is 0 Å². The fourth-order valence-electron chi connectivity index (χ4n) is 3.73. The molecule has 2 atom stereocenters. The van der Waals surface area contributed by atoms with Gasteiger partial charge in [0.25, 0.3) is 0 Å². The summed E-state index contributed by atoms with van der Waals surface area (Å²) in [5.74, 6) is 0. The SMILES string of the molecule is C/C=C1/C[C@]2(c3ccccc3)C[C@H](CC)N1C2. The van der Waals surface area contributed by atoms with E-state index in [-0.39, 0.29) is 0 Å². The van der Waals surface area contributed by atoms with Gasteiger partial charge in [0.1, 0.15) is 0 Å². The zero-order valence-electron chi connectivity index (χ0n) is 10.8. The fourth-order valence-corrected chi connectivity index (χ4v) is 3.73. The molecule has 0 radical (unpaired) electrons. The van der Waals surface area contributed by atoms with Crippen LogP contribution in [0.3, 0.4) is 0 Å². The molecule has 2 heterocycles. The lowest BCUT2D eigenvalue weighted by atomic mass is 9.75. The molecule has 3 rings (SSSR count). The van der Waals surface area contributed by atoms with Crippen molar-refractivity contribution in [2.75, 3.05) is 6.54 Å². The van der Waals surface area contributed by atoms with E-state index in [0.29, 0.717) is 5.41 Å². The van der Waals surface area contributed by atoms with Crippen molar-refractivity contribution in [1.82, 2.24) is 4.90 Å². The van der Waals surface area contributed by atoms with Crippen LogP contribution in [0.2, 0.25) is 0 Å². The Labute approximate surface area is 104 Å². The van der Waals surface area contributed by atoms with Gasteiger partial charge in [0, 0.05) is 23.7 Å². The standard InChI is InChI=1S/C16H21N/c1-3-14-10-16(13-8-6-5-7-9-13)11-15(4-2)17(14)12-16/h3,5-9,15H,4,10-12H2,1-2H3/b14-3-/t15-,16-/m0/s1. The third kappa shape index (κ3) is 1.52. The Bertz CT molecular complexity index is 434. The molecular weight excluding hydrogens is 206 g/mol. The van der Waals surface area contributed by atoms with Crippen molar-refractivity contribution in [3.63, 3.8) is 0 Å². The number of rotatable bonds is 2. The van der Waals surface area contributed by atoms with Gasteiger partial charge in [-0.25, -0.2) is 0 Å². The lowest BCUT2D eigenvalue weighted by molar-refractivity contribution is 0.305. The van der Waals surface area contributed by atoms with Gasteiger partial charge in [-0.05, 0) is 31.7 Å². The lowest BCUT2D eigenvalue weighted by Crippen LogP contribution is -2.29. The maximum Gasteiger partial charge on any atom is 0.0293 e. The van der Waals surface area contributed by atoms with Crippen LogP contribution in [0.25, 0.3) is 0 Å². The number of fused-ring (bicyclic) bond motifs is 2. The minimum absolute atomic E-state index is 0.407. The Hall–Kier alpha value is -1.24. The predicted molar refractivity (Wildman–Crippen MR) is 71.9 cm³/mol. The maximum absolute atomic E-state index is 2.65. The van der Waals surface area contributed by atoms with Crippen LogP contribution in [0.4, 0.5) is 0 Å². The number of allylic oxidation sites excluding steroid dienone is 2. The molecule has 0 aromatic heterocycles. The zero-order chi connectivity index (χ0) is 11.9. The average Bonchev–Trinajstić information content (AvgIpc) is 2.95. The molecule has 2 aliphatic heterocycles. The molecule has 2 fully saturated rings. The second-order valence-electron chi connectivity index (χ2n) is 5.50. The molecule has 90 valence electrons. The number of nitrogens with zero attached hydrogens (tertiary/aromatic N) is 1. The van der Waals surface area contributed by atoms with Gasteiger partial charge in [0.05, 0.1) is 0 Å². The Morgan fingerprint density at radius 3 is 2.76 bits per heavy atom. The van der Waals surface area contributed by atoms with Crippen molar-refractivity contribution < 1.29 is 0 Å². The monoisotopic (exact) mass is 227 g/mol. The van der Waals surface area contributed by atoms with Crippen LogP contribution in [0, 0.1) is 0 Å². The van der Waals surface area contributed by atoms with Gasteiger partial charge in [-0.3, -0.25) is 0 Å². The van der Waals surface area contributed by atoms with Crippen LogP contribution in [0.1, 0.15) is 38.7 Å². The minimum Gasteiger partial charge on any atom is -0.371 e. The van der Waals surface area contributed by atoms with E-state index in [1.807, 2.05) is 0 Å². The van der Waals surface area contributed by atoms with Crippen LogP contribution in [0.5, 0.6) is 0 Å². The second-order valence-corrected chi connectivity index (χ2v) is 5.50. The first-order valence-electron chi connectivity index (χ1n) is 6.76. The molecule has 2 aliphatic rings. The summed E-state index contributed by atoms with van der Waals surface area (Å²) in [7, 11) is 0. The smallest absolute Gasteiger partial charge is 0.0293 e. The predicted octanol–water partition coefficient (Wildman–Crippen LogP) is 3.72. The summed E-state index contributed by atoms with van der Waals surface area (Å²) < 4.78 is 0. The quantitative estimate of drug-likeness (QED) is 0.744. The van der Waals surface area contributed by atoms with Crippen molar-refractivity contribution in [3.8, 4) is 0 Å². The van der Waals surface area contributed by atoms with E-state index in [2.05, 4.69) is 55.2 Å². The summed E-state index contributed by atoms with van der Waals surface area (Å²) in [6.07, 6.45) is 6.16. The van der Waals surface area contributed by atoms with E-state index in [4.69, 9.17) is 0 Å². The summed E-state index contributed by atoms with van der Waals surface area (Å²) in [6.45, 7) is 5.73. The highest BCUT2D eigenvalue weighted by Crippen LogP contribution is 2.51. The summed E-state index contributed by atoms with van der Waals surface area (Å²) >= 11 is 0. The largest absolute Gasteiger partial charge is 0.371 e. The molecule has 0 unspecified atom stereocenters. The van der Waals surface area contributed by atoms with Crippen LogP contribution in [-0.2, 0) is 5.41 Å². The van der Waals surface area contributed by atoms with E-state index in [0.717, 1.165) is 6.04 Å². The van der Waals surface area contributed by atoms with Crippen molar-refractivity contribution in [3.05, 3.63) is 47.7 Å². The summed E-state index contributed by atoms with van der Waals surface area (Å²) in [4.78, 5) is 2.65. The van der Waals surface area contributed by atoms with Gasteiger partial charge in [-0.1, -0.05) is 43.3 Å². The molecule has 0 saturated carbocycles. The summed E-state index contributed by atoms with van der Waals surface area (Å²) in [5, 5.41) is 0. The highest BCUT2D eigenvalue weighted by atomic mass is 15.2. The van der Waals surface area contributed by atoms with Gasteiger partial charge >= 0.3 is 0 Å². The van der Waals surface area contributed by atoms with Gasteiger partial charge in [0.2, 0.25) is 0 Å². The molecule has 0 aliphatic carbocycles. The second kappa shape index (κ2) is 3.90. The number of benzene rings is 1. The summed E-state index contributed by atoms with van der Waals surface area (Å²) in [6, 6.07) is 11.9. The summed E-state index contributed by atoms with van der Waals surface area (Å²) in [5.41, 5.74) is 3.51. The number of piperidine rings is 1. The number of hydrogen-bond acceptors (Lipinski definition) is 1. The van der Waals surface area contributed by atoms with Crippen molar-refractivity contribution in [1.29, 1.82) is 0 Å². The molecule has 2 bridgehead atoms. The van der Waals surface area contributed by atoms with Crippen molar-refractivity contribution in [2.45, 2.75) is 44.6 Å². The molecule has 2 saturated heterocycles. The molecule has 0 amide bonds. The van der Waals surface area contributed by atoms with Crippen molar-refractivity contribution >= 4 is 0 Å².